The first kappa shape index (κ1) is 15.7. The lowest BCUT2D eigenvalue weighted by Crippen LogP contribution is -2.19. The van der Waals surface area contributed by atoms with Crippen LogP contribution in [0.4, 0.5) is 0 Å². The van der Waals surface area contributed by atoms with Gasteiger partial charge in [0.15, 0.2) is 11.5 Å². The Balaban J connectivity index is 1.39. The van der Waals surface area contributed by atoms with Crippen molar-refractivity contribution in [3.8, 4) is 17.2 Å². The van der Waals surface area contributed by atoms with Crippen LogP contribution >= 0.6 is 0 Å². The third-order valence-corrected chi connectivity index (χ3v) is 4.38. The molecule has 2 aromatic carbocycles. The number of rotatable bonds is 5. The fourth-order valence-electron chi connectivity index (χ4n) is 2.91. The first-order valence-electron chi connectivity index (χ1n) is 8.51. The number of hydrogen-bond acceptors (Lipinski definition) is 4. The fraction of sp³-hybridized carbons (Fsp3) is 0.250. The maximum Gasteiger partial charge on any atom is 0.161 e. The minimum Gasteiger partial charge on any atom is -0.486 e. The quantitative estimate of drug-likeness (QED) is 0.775. The van der Waals surface area contributed by atoms with E-state index >= 15 is 0 Å². The zero-order chi connectivity index (χ0) is 17.1. The minimum absolute atomic E-state index is 0.224. The van der Waals surface area contributed by atoms with Crippen LogP contribution in [0.25, 0.3) is 5.69 Å². The lowest BCUT2D eigenvalue weighted by molar-refractivity contribution is 0.171. The van der Waals surface area contributed by atoms with E-state index < -0.39 is 0 Å². The van der Waals surface area contributed by atoms with Gasteiger partial charge in [-0.2, -0.15) is 5.10 Å². The van der Waals surface area contributed by atoms with Crippen LogP contribution in [-0.4, -0.2) is 23.0 Å². The molecule has 0 aliphatic carbocycles. The molecule has 1 atom stereocenters. The van der Waals surface area contributed by atoms with Gasteiger partial charge in [0.25, 0.3) is 0 Å². The van der Waals surface area contributed by atoms with E-state index in [1.807, 2.05) is 23.0 Å². The predicted molar refractivity (Wildman–Crippen MR) is 96.3 cm³/mol. The number of nitrogens with zero attached hydrogens (tertiary/aromatic N) is 2. The van der Waals surface area contributed by atoms with E-state index in [2.05, 4.69) is 53.7 Å². The standard InChI is InChI=1S/C20H21N3O2/c1-15(17-5-8-19-20(13-17)25-12-11-24-19)21-14-16-3-6-18(7-4-16)23-10-2-9-22-23/h2-10,13,15,21H,11-12,14H2,1H3/t15-/m1/s1. The largest absolute Gasteiger partial charge is 0.486 e. The Labute approximate surface area is 147 Å². The maximum atomic E-state index is 5.66. The SMILES string of the molecule is C[C@@H](NCc1ccc(-n2cccn2)cc1)c1ccc2c(c1)OCCO2. The van der Waals surface area contributed by atoms with Crippen molar-refractivity contribution in [1.82, 2.24) is 15.1 Å². The summed E-state index contributed by atoms with van der Waals surface area (Å²) in [5, 5.41) is 7.80. The molecule has 128 valence electrons. The van der Waals surface area contributed by atoms with Crippen molar-refractivity contribution < 1.29 is 9.47 Å². The molecule has 0 fully saturated rings. The number of benzene rings is 2. The summed E-state index contributed by atoms with van der Waals surface area (Å²) >= 11 is 0. The van der Waals surface area contributed by atoms with Gasteiger partial charge in [-0.25, -0.2) is 4.68 Å². The minimum atomic E-state index is 0.224. The highest BCUT2D eigenvalue weighted by Crippen LogP contribution is 2.32. The van der Waals surface area contributed by atoms with E-state index in [-0.39, 0.29) is 6.04 Å². The van der Waals surface area contributed by atoms with Crippen LogP contribution in [0, 0.1) is 0 Å². The third kappa shape index (κ3) is 3.51. The van der Waals surface area contributed by atoms with Crippen LogP contribution in [0.2, 0.25) is 0 Å². The molecule has 2 heterocycles. The van der Waals surface area contributed by atoms with Crippen molar-refractivity contribution in [2.24, 2.45) is 0 Å². The van der Waals surface area contributed by atoms with Gasteiger partial charge in [-0.3, -0.25) is 0 Å². The fourth-order valence-corrected chi connectivity index (χ4v) is 2.91. The molecule has 1 aliphatic heterocycles. The van der Waals surface area contributed by atoms with Gasteiger partial charge < -0.3 is 14.8 Å². The molecule has 0 radical (unpaired) electrons. The van der Waals surface area contributed by atoms with E-state index in [1.54, 1.807) is 6.20 Å². The zero-order valence-electron chi connectivity index (χ0n) is 14.2. The summed E-state index contributed by atoms with van der Waals surface area (Å²) in [5.41, 5.74) is 3.49. The predicted octanol–water partition coefficient (Wildman–Crippen LogP) is 3.49. The van der Waals surface area contributed by atoms with Gasteiger partial charge in [0.05, 0.1) is 5.69 Å². The first-order valence-corrected chi connectivity index (χ1v) is 8.51. The van der Waals surface area contributed by atoms with E-state index in [1.165, 1.54) is 11.1 Å². The Hall–Kier alpha value is -2.79. The maximum absolute atomic E-state index is 5.66. The first-order chi connectivity index (χ1) is 12.3. The molecule has 0 bridgehead atoms. The molecule has 1 aliphatic rings. The Morgan fingerprint density at radius 1 is 1.08 bits per heavy atom. The van der Waals surface area contributed by atoms with Crippen LogP contribution in [0.3, 0.4) is 0 Å². The second-order valence-corrected chi connectivity index (χ2v) is 6.12. The summed E-state index contributed by atoms with van der Waals surface area (Å²) in [6, 6.07) is 16.7. The highest BCUT2D eigenvalue weighted by atomic mass is 16.6. The van der Waals surface area contributed by atoms with Crippen LogP contribution in [0.15, 0.2) is 60.9 Å². The average Bonchev–Trinajstić information content (AvgIpc) is 3.21. The van der Waals surface area contributed by atoms with Gasteiger partial charge in [-0.15, -0.1) is 0 Å². The third-order valence-electron chi connectivity index (χ3n) is 4.38. The van der Waals surface area contributed by atoms with Crippen LogP contribution in [0.1, 0.15) is 24.1 Å². The summed E-state index contributed by atoms with van der Waals surface area (Å²) in [4.78, 5) is 0. The Morgan fingerprint density at radius 3 is 2.64 bits per heavy atom. The van der Waals surface area contributed by atoms with Gasteiger partial charge in [0, 0.05) is 25.0 Å². The lowest BCUT2D eigenvalue weighted by Gasteiger charge is -2.21. The zero-order valence-corrected chi connectivity index (χ0v) is 14.2. The van der Waals surface area contributed by atoms with Crippen LogP contribution in [0.5, 0.6) is 11.5 Å². The normalized spacial score (nSPS) is 14.3. The molecule has 0 spiro atoms. The number of hydrogen-bond donors (Lipinski definition) is 1. The van der Waals surface area contributed by atoms with Crippen molar-refractivity contribution in [3.05, 3.63) is 72.1 Å². The van der Waals surface area contributed by atoms with Crippen molar-refractivity contribution in [1.29, 1.82) is 0 Å². The molecule has 25 heavy (non-hydrogen) atoms. The van der Waals surface area contributed by atoms with Gasteiger partial charge in [0.2, 0.25) is 0 Å². The molecular formula is C20H21N3O2. The summed E-state index contributed by atoms with van der Waals surface area (Å²) in [6.07, 6.45) is 3.72. The molecule has 3 aromatic rings. The summed E-state index contributed by atoms with van der Waals surface area (Å²) in [6.45, 7) is 4.19. The Kier molecular flexibility index (Phi) is 4.39. The van der Waals surface area contributed by atoms with Gasteiger partial charge in [0.1, 0.15) is 13.2 Å². The van der Waals surface area contributed by atoms with Gasteiger partial charge >= 0.3 is 0 Å². The van der Waals surface area contributed by atoms with E-state index in [9.17, 15) is 0 Å². The highest BCUT2D eigenvalue weighted by Gasteiger charge is 2.14. The topological polar surface area (TPSA) is 48.3 Å². The smallest absolute Gasteiger partial charge is 0.161 e. The molecule has 0 unspecified atom stereocenters. The summed E-state index contributed by atoms with van der Waals surface area (Å²) in [7, 11) is 0. The van der Waals surface area contributed by atoms with E-state index in [0.717, 1.165) is 23.7 Å². The number of nitrogens with one attached hydrogen (secondary N) is 1. The monoisotopic (exact) mass is 335 g/mol. The number of ether oxygens (including phenoxy) is 2. The van der Waals surface area contributed by atoms with Crippen LogP contribution < -0.4 is 14.8 Å². The lowest BCUT2D eigenvalue weighted by atomic mass is 10.1. The molecule has 0 saturated heterocycles. The molecule has 5 heteroatoms. The number of aromatic nitrogens is 2. The molecule has 1 N–H and O–H groups in total. The molecule has 1 aromatic heterocycles. The second kappa shape index (κ2) is 6.99. The van der Waals surface area contributed by atoms with Crippen molar-refractivity contribution >= 4 is 0 Å². The summed E-state index contributed by atoms with van der Waals surface area (Å²) in [5.74, 6) is 1.66. The Morgan fingerprint density at radius 2 is 1.88 bits per heavy atom. The summed E-state index contributed by atoms with van der Waals surface area (Å²) < 4.78 is 13.1. The van der Waals surface area contributed by atoms with E-state index in [4.69, 9.17) is 9.47 Å². The highest BCUT2D eigenvalue weighted by molar-refractivity contribution is 5.44. The van der Waals surface area contributed by atoms with Crippen LogP contribution in [-0.2, 0) is 6.54 Å². The van der Waals surface area contributed by atoms with Crippen molar-refractivity contribution in [3.63, 3.8) is 0 Å². The van der Waals surface area contributed by atoms with E-state index in [0.29, 0.717) is 13.2 Å². The van der Waals surface area contributed by atoms with Crippen molar-refractivity contribution in [2.75, 3.05) is 13.2 Å². The molecule has 4 rings (SSSR count). The number of fused-ring (bicyclic) bond motifs is 1. The molecule has 5 nitrogen and oxygen atoms in total. The van der Waals surface area contributed by atoms with Crippen molar-refractivity contribution in [2.45, 2.75) is 19.5 Å². The molecular weight excluding hydrogens is 314 g/mol. The van der Waals surface area contributed by atoms with Gasteiger partial charge in [-0.1, -0.05) is 18.2 Å². The Bertz CT molecular complexity index is 829. The molecule has 0 saturated carbocycles. The average molecular weight is 335 g/mol. The van der Waals surface area contributed by atoms with Gasteiger partial charge in [-0.05, 0) is 48.4 Å². The molecule has 0 amide bonds. The second-order valence-electron chi connectivity index (χ2n) is 6.12.